The number of carbonyl (C=O) groups is 1. The predicted molar refractivity (Wildman–Crippen MR) is 79.5 cm³/mol. The number of aliphatic hydroxyl groups is 1. The summed E-state index contributed by atoms with van der Waals surface area (Å²) < 4.78 is 5.38. The number of hydrogen-bond donors (Lipinski definition) is 2. The lowest BCUT2D eigenvalue weighted by Gasteiger charge is -2.15. The van der Waals surface area contributed by atoms with Crippen molar-refractivity contribution in [3.05, 3.63) is 28.2 Å². The Hall–Kier alpha value is -1.01. The molecule has 0 aliphatic heterocycles. The van der Waals surface area contributed by atoms with E-state index in [0.29, 0.717) is 15.8 Å². The molecule has 0 heterocycles. The second-order valence-electron chi connectivity index (χ2n) is 4.46. The Balaban J connectivity index is 2.27. The lowest BCUT2D eigenvalue weighted by molar-refractivity contribution is -0.127. The van der Waals surface area contributed by atoms with Crippen LogP contribution in [0.4, 0.5) is 0 Å². The maximum absolute atomic E-state index is 11.3. The fourth-order valence-corrected chi connectivity index (χ4v) is 1.61. The topological polar surface area (TPSA) is 61.8 Å². The molecule has 1 aromatic rings. The van der Waals surface area contributed by atoms with Crippen molar-refractivity contribution in [3.63, 3.8) is 0 Å². The number of amides is 1. The highest BCUT2D eigenvalue weighted by Crippen LogP contribution is 2.26. The highest BCUT2D eigenvalue weighted by molar-refractivity contribution is 6.42. The Morgan fingerprint density at radius 1 is 1.40 bits per heavy atom. The fraction of sp³-hybridized carbons (Fsp3) is 0.462. The van der Waals surface area contributed by atoms with Gasteiger partial charge < -0.3 is 20.1 Å². The predicted octanol–water partition coefficient (Wildman–Crippen LogP) is 1.41. The summed E-state index contributed by atoms with van der Waals surface area (Å²) in [6.07, 6.45) is -0.723. The minimum absolute atomic E-state index is 0.0531. The second kappa shape index (κ2) is 8.32. The van der Waals surface area contributed by atoms with Gasteiger partial charge in [-0.25, -0.2) is 0 Å². The zero-order valence-electron chi connectivity index (χ0n) is 11.4. The molecule has 7 heteroatoms. The molecule has 20 heavy (non-hydrogen) atoms. The summed E-state index contributed by atoms with van der Waals surface area (Å²) in [4.78, 5) is 12.8. The highest BCUT2D eigenvalue weighted by atomic mass is 35.5. The Morgan fingerprint density at radius 2 is 2.10 bits per heavy atom. The average Bonchev–Trinajstić information content (AvgIpc) is 2.40. The number of halogens is 2. The van der Waals surface area contributed by atoms with Gasteiger partial charge in [0.2, 0.25) is 5.91 Å². The molecule has 1 unspecified atom stereocenters. The lowest BCUT2D eigenvalue weighted by Crippen LogP contribution is -2.38. The van der Waals surface area contributed by atoms with Gasteiger partial charge in [0.15, 0.2) is 0 Å². The van der Waals surface area contributed by atoms with E-state index in [1.54, 1.807) is 32.3 Å². The minimum Gasteiger partial charge on any atom is -0.491 e. The molecule has 0 aliphatic rings. The fourth-order valence-electron chi connectivity index (χ4n) is 1.32. The largest absolute Gasteiger partial charge is 0.491 e. The Morgan fingerprint density at radius 3 is 2.70 bits per heavy atom. The van der Waals surface area contributed by atoms with Gasteiger partial charge in [0.05, 0.1) is 16.6 Å². The monoisotopic (exact) mass is 320 g/mol. The summed E-state index contributed by atoms with van der Waals surface area (Å²) >= 11 is 11.6. The number of nitrogens with one attached hydrogen (secondary N) is 1. The van der Waals surface area contributed by atoms with Crippen LogP contribution in [0.2, 0.25) is 10.0 Å². The lowest BCUT2D eigenvalue weighted by atomic mass is 10.3. The number of nitrogens with zero attached hydrogens (tertiary/aromatic N) is 1. The van der Waals surface area contributed by atoms with E-state index < -0.39 is 6.10 Å². The second-order valence-corrected chi connectivity index (χ2v) is 5.27. The van der Waals surface area contributed by atoms with Crippen LogP contribution in [0.15, 0.2) is 18.2 Å². The Labute approximate surface area is 128 Å². The Bertz CT molecular complexity index is 455. The number of likely N-dealkylation sites (N-methyl/N-ethyl adjacent to an activating group) is 1. The van der Waals surface area contributed by atoms with Gasteiger partial charge in [-0.1, -0.05) is 23.2 Å². The van der Waals surface area contributed by atoms with Crippen LogP contribution in [0.25, 0.3) is 0 Å². The summed E-state index contributed by atoms with van der Waals surface area (Å²) in [6, 6.07) is 4.88. The van der Waals surface area contributed by atoms with Crippen molar-refractivity contribution in [1.82, 2.24) is 10.2 Å². The molecule has 5 nitrogen and oxygen atoms in total. The van der Waals surface area contributed by atoms with E-state index in [1.807, 2.05) is 0 Å². The van der Waals surface area contributed by atoms with Gasteiger partial charge in [-0.3, -0.25) is 4.79 Å². The number of carbonyl (C=O) groups excluding carboxylic acids is 1. The summed E-state index contributed by atoms with van der Waals surface area (Å²) in [5.41, 5.74) is 0. The number of hydrogen-bond acceptors (Lipinski definition) is 4. The molecule has 1 aromatic carbocycles. The van der Waals surface area contributed by atoms with Crippen LogP contribution in [-0.2, 0) is 4.79 Å². The van der Waals surface area contributed by atoms with Crippen molar-refractivity contribution >= 4 is 29.1 Å². The molecule has 0 saturated carbocycles. The van der Waals surface area contributed by atoms with Gasteiger partial charge in [0.25, 0.3) is 0 Å². The average molecular weight is 321 g/mol. The molecule has 0 aromatic heterocycles. The zero-order chi connectivity index (χ0) is 15.1. The molecular formula is C13H18Cl2N2O3. The third-order valence-corrected chi connectivity index (χ3v) is 3.23. The number of benzene rings is 1. The smallest absolute Gasteiger partial charge is 0.236 e. The first kappa shape index (κ1) is 17.0. The summed E-state index contributed by atoms with van der Waals surface area (Å²) in [5, 5.41) is 13.4. The van der Waals surface area contributed by atoms with E-state index in [9.17, 15) is 9.90 Å². The molecule has 0 bridgehead atoms. The van der Waals surface area contributed by atoms with Crippen LogP contribution >= 0.6 is 23.2 Å². The third kappa shape index (κ3) is 5.96. The van der Waals surface area contributed by atoms with Gasteiger partial charge >= 0.3 is 0 Å². The summed E-state index contributed by atoms with van der Waals surface area (Å²) in [7, 11) is 3.35. The number of rotatable bonds is 7. The van der Waals surface area contributed by atoms with Gasteiger partial charge in [-0.05, 0) is 12.1 Å². The standard InChI is InChI=1S/C13H18Cl2N2O3/c1-17(2)13(19)7-16-6-9(18)8-20-10-3-4-11(14)12(15)5-10/h3-5,9,16,18H,6-8H2,1-2H3. The SMILES string of the molecule is CN(C)C(=O)CNCC(O)COc1ccc(Cl)c(Cl)c1. The maximum Gasteiger partial charge on any atom is 0.236 e. The number of ether oxygens (including phenoxy) is 1. The quantitative estimate of drug-likeness (QED) is 0.797. The molecule has 0 saturated heterocycles. The first-order chi connectivity index (χ1) is 9.40. The summed E-state index contributed by atoms with van der Waals surface area (Å²) in [5.74, 6) is 0.477. The Kier molecular flexibility index (Phi) is 7.09. The van der Waals surface area contributed by atoms with Crippen molar-refractivity contribution in [3.8, 4) is 5.75 Å². The van der Waals surface area contributed by atoms with E-state index in [1.165, 1.54) is 4.90 Å². The van der Waals surface area contributed by atoms with E-state index in [0.717, 1.165) is 0 Å². The van der Waals surface area contributed by atoms with E-state index >= 15 is 0 Å². The molecule has 0 spiro atoms. The minimum atomic E-state index is -0.723. The third-order valence-electron chi connectivity index (χ3n) is 2.49. The normalized spacial score (nSPS) is 12.1. The van der Waals surface area contributed by atoms with Gasteiger partial charge in [0.1, 0.15) is 18.5 Å². The van der Waals surface area contributed by atoms with Crippen molar-refractivity contribution in [2.24, 2.45) is 0 Å². The first-order valence-electron chi connectivity index (χ1n) is 6.07. The van der Waals surface area contributed by atoms with Gasteiger partial charge in [0, 0.05) is 26.7 Å². The van der Waals surface area contributed by atoms with Crippen molar-refractivity contribution in [2.75, 3.05) is 33.8 Å². The van der Waals surface area contributed by atoms with Gasteiger partial charge in [-0.15, -0.1) is 0 Å². The van der Waals surface area contributed by atoms with Crippen LogP contribution in [0.1, 0.15) is 0 Å². The van der Waals surface area contributed by atoms with E-state index in [-0.39, 0.29) is 25.6 Å². The zero-order valence-corrected chi connectivity index (χ0v) is 12.9. The highest BCUT2D eigenvalue weighted by Gasteiger charge is 2.08. The van der Waals surface area contributed by atoms with E-state index in [4.69, 9.17) is 27.9 Å². The van der Waals surface area contributed by atoms with Crippen LogP contribution in [0, 0.1) is 0 Å². The van der Waals surface area contributed by atoms with Crippen molar-refractivity contribution in [1.29, 1.82) is 0 Å². The molecule has 2 N–H and O–H groups in total. The van der Waals surface area contributed by atoms with Crippen LogP contribution in [0.5, 0.6) is 5.75 Å². The van der Waals surface area contributed by atoms with Crippen LogP contribution in [-0.4, -0.2) is 55.8 Å². The molecule has 112 valence electrons. The van der Waals surface area contributed by atoms with Crippen molar-refractivity contribution < 1.29 is 14.6 Å². The van der Waals surface area contributed by atoms with Crippen LogP contribution in [0.3, 0.4) is 0 Å². The maximum atomic E-state index is 11.3. The molecular weight excluding hydrogens is 303 g/mol. The van der Waals surface area contributed by atoms with Crippen molar-refractivity contribution in [2.45, 2.75) is 6.10 Å². The van der Waals surface area contributed by atoms with E-state index in [2.05, 4.69) is 5.32 Å². The molecule has 1 rings (SSSR count). The molecule has 0 fully saturated rings. The van der Waals surface area contributed by atoms with Crippen LogP contribution < -0.4 is 10.1 Å². The molecule has 1 atom stereocenters. The first-order valence-corrected chi connectivity index (χ1v) is 6.82. The summed E-state index contributed by atoms with van der Waals surface area (Å²) in [6.45, 7) is 0.541. The number of aliphatic hydroxyl groups excluding tert-OH is 1. The molecule has 0 aliphatic carbocycles. The molecule has 0 radical (unpaired) electrons. The molecule has 1 amide bonds. The van der Waals surface area contributed by atoms with Gasteiger partial charge in [-0.2, -0.15) is 0 Å².